The van der Waals surface area contributed by atoms with Crippen molar-refractivity contribution in [2.75, 3.05) is 6.61 Å². The summed E-state index contributed by atoms with van der Waals surface area (Å²) in [6.07, 6.45) is -0.820. The van der Waals surface area contributed by atoms with Crippen LogP contribution in [0.5, 0.6) is 0 Å². The molecule has 3 amide bonds. The number of amides is 3. The van der Waals surface area contributed by atoms with Crippen LogP contribution in [0, 0.1) is 0 Å². The normalized spacial score (nSPS) is 9.31. The average Bonchev–Trinajstić information content (AvgIpc) is 2.31. The molecule has 84 valence electrons. The van der Waals surface area contributed by atoms with E-state index in [0.29, 0.717) is 4.90 Å². The van der Waals surface area contributed by atoms with Crippen LogP contribution < -0.4 is 0 Å². The highest BCUT2D eigenvalue weighted by molar-refractivity contribution is 6.09. The van der Waals surface area contributed by atoms with Crippen LogP contribution in [-0.2, 0) is 9.53 Å². The molecule has 1 aromatic carbocycles. The molecule has 0 bridgehead atoms. The lowest BCUT2D eigenvalue weighted by molar-refractivity contribution is -0.114. The second-order valence-electron chi connectivity index (χ2n) is 2.85. The van der Waals surface area contributed by atoms with E-state index in [0.717, 1.165) is 0 Å². The third-order valence-corrected chi connectivity index (χ3v) is 1.81. The Morgan fingerprint density at radius 3 is 2.44 bits per heavy atom. The molecule has 0 aromatic heterocycles. The molecule has 0 saturated heterocycles. The maximum atomic E-state index is 11.7. The first-order chi connectivity index (χ1) is 7.70. The molecular weight excluding hydrogens is 210 g/mol. The molecule has 0 N–H and O–H groups in total. The quantitative estimate of drug-likeness (QED) is 0.724. The maximum absolute atomic E-state index is 11.7. The maximum Gasteiger partial charge on any atom is 0.423 e. The number of carbonyl (C=O) groups excluding carboxylic acids is 3. The molecule has 0 aliphatic heterocycles. The van der Waals surface area contributed by atoms with Gasteiger partial charge in [-0.25, -0.2) is 4.79 Å². The molecule has 0 fully saturated rings. The molecule has 0 atom stereocenters. The topological polar surface area (TPSA) is 63.7 Å². The van der Waals surface area contributed by atoms with Gasteiger partial charge in [0.1, 0.15) is 0 Å². The van der Waals surface area contributed by atoms with E-state index >= 15 is 0 Å². The van der Waals surface area contributed by atoms with Crippen molar-refractivity contribution in [3.63, 3.8) is 0 Å². The second-order valence-corrected chi connectivity index (χ2v) is 2.85. The summed E-state index contributed by atoms with van der Waals surface area (Å²) in [7, 11) is 0. The minimum Gasteiger partial charge on any atom is -0.449 e. The van der Waals surface area contributed by atoms with Gasteiger partial charge in [0, 0.05) is 5.56 Å². The molecule has 0 aliphatic rings. The molecule has 0 heterocycles. The molecule has 0 aliphatic carbocycles. The van der Waals surface area contributed by atoms with E-state index < -0.39 is 12.0 Å². The van der Waals surface area contributed by atoms with Crippen LogP contribution in [0.15, 0.2) is 30.3 Å². The summed E-state index contributed by atoms with van der Waals surface area (Å²) in [6.45, 7) is 1.69. The number of carbonyl (C=O) groups is 3. The van der Waals surface area contributed by atoms with Crippen molar-refractivity contribution >= 4 is 18.4 Å². The van der Waals surface area contributed by atoms with Crippen molar-refractivity contribution in [1.29, 1.82) is 0 Å². The largest absolute Gasteiger partial charge is 0.449 e. The van der Waals surface area contributed by atoms with Gasteiger partial charge < -0.3 is 4.74 Å². The van der Waals surface area contributed by atoms with Gasteiger partial charge in [0.15, 0.2) is 0 Å². The van der Waals surface area contributed by atoms with Gasteiger partial charge in [-0.3, -0.25) is 9.59 Å². The van der Waals surface area contributed by atoms with Gasteiger partial charge in [-0.05, 0) is 19.1 Å². The molecule has 0 saturated carbocycles. The first-order valence-corrected chi connectivity index (χ1v) is 4.71. The van der Waals surface area contributed by atoms with Crippen molar-refractivity contribution in [2.45, 2.75) is 6.92 Å². The van der Waals surface area contributed by atoms with E-state index in [2.05, 4.69) is 4.74 Å². The number of hydrogen-bond acceptors (Lipinski definition) is 4. The number of imide groups is 3. The average molecular weight is 221 g/mol. The summed E-state index contributed by atoms with van der Waals surface area (Å²) >= 11 is 0. The Hall–Kier alpha value is -2.17. The molecule has 1 rings (SSSR count). The number of nitrogens with zero attached hydrogens (tertiary/aromatic N) is 1. The number of hydrogen-bond donors (Lipinski definition) is 0. The summed E-state index contributed by atoms with van der Waals surface area (Å²) < 4.78 is 4.57. The molecule has 5 nitrogen and oxygen atoms in total. The minimum atomic E-state index is -0.966. The minimum absolute atomic E-state index is 0.102. The summed E-state index contributed by atoms with van der Waals surface area (Å²) in [4.78, 5) is 34.0. The van der Waals surface area contributed by atoms with Crippen molar-refractivity contribution in [3.05, 3.63) is 35.9 Å². The third kappa shape index (κ3) is 2.66. The van der Waals surface area contributed by atoms with E-state index in [-0.39, 0.29) is 18.6 Å². The Morgan fingerprint density at radius 1 is 1.31 bits per heavy atom. The number of benzene rings is 1. The summed E-state index contributed by atoms with van der Waals surface area (Å²) in [5, 5.41) is 0. The van der Waals surface area contributed by atoms with Crippen LogP contribution >= 0.6 is 0 Å². The molecule has 0 radical (unpaired) electrons. The lowest BCUT2D eigenvalue weighted by Crippen LogP contribution is -2.36. The highest BCUT2D eigenvalue weighted by Gasteiger charge is 2.23. The predicted octanol–water partition coefficient (Wildman–Crippen LogP) is 1.44. The van der Waals surface area contributed by atoms with Crippen molar-refractivity contribution < 1.29 is 19.1 Å². The Kier molecular flexibility index (Phi) is 4.20. The summed E-state index contributed by atoms with van der Waals surface area (Å²) in [5.74, 6) is -0.700. The van der Waals surface area contributed by atoms with Crippen LogP contribution in [0.4, 0.5) is 4.79 Å². The first kappa shape index (κ1) is 11.9. The van der Waals surface area contributed by atoms with Gasteiger partial charge in [-0.2, -0.15) is 4.90 Å². The highest BCUT2D eigenvalue weighted by Crippen LogP contribution is 2.04. The smallest absolute Gasteiger partial charge is 0.423 e. The monoisotopic (exact) mass is 221 g/mol. The number of rotatable bonds is 3. The van der Waals surface area contributed by atoms with Gasteiger partial charge >= 0.3 is 6.09 Å². The van der Waals surface area contributed by atoms with Gasteiger partial charge in [0.25, 0.3) is 5.91 Å². The SMILES string of the molecule is CCOC(=O)N(C=O)C(=O)c1ccccc1. The zero-order chi connectivity index (χ0) is 12.0. The first-order valence-electron chi connectivity index (χ1n) is 4.71. The third-order valence-electron chi connectivity index (χ3n) is 1.81. The van der Waals surface area contributed by atoms with E-state index in [1.54, 1.807) is 25.1 Å². The number of ether oxygens (including phenoxy) is 1. The fourth-order valence-corrected chi connectivity index (χ4v) is 1.09. The van der Waals surface area contributed by atoms with Gasteiger partial charge in [0.05, 0.1) is 6.61 Å². The Balaban J connectivity index is 2.86. The van der Waals surface area contributed by atoms with Gasteiger partial charge in [-0.15, -0.1) is 0 Å². The van der Waals surface area contributed by atoms with E-state index in [9.17, 15) is 14.4 Å². The summed E-state index contributed by atoms with van der Waals surface area (Å²) in [6, 6.07) is 8.03. The highest BCUT2D eigenvalue weighted by atomic mass is 16.6. The zero-order valence-electron chi connectivity index (χ0n) is 8.75. The Labute approximate surface area is 92.6 Å². The second kappa shape index (κ2) is 5.65. The van der Waals surface area contributed by atoms with Crippen molar-refractivity contribution in [3.8, 4) is 0 Å². The van der Waals surface area contributed by atoms with Gasteiger partial charge in [-0.1, -0.05) is 18.2 Å². The molecule has 0 unspecified atom stereocenters. The zero-order valence-corrected chi connectivity index (χ0v) is 8.75. The lowest BCUT2D eigenvalue weighted by atomic mass is 10.2. The lowest BCUT2D eigenvalue weighted by Gasteiger charge is -2.12. The molecule has 5 heteroatoms. The summed E-state index contributed by atoms with van der Waals surface area (Å²) in [5.41, 5.74) is 0.252. The van der Waals surface area contributed by atoms with Crippen molar-refractivity contribution in [2.24, 2.45) is 0 Å². The standard InChI is InChI=1S/C11H11NO4/c1-2-16-11(15)12(8-13)10(14)9-6-4-3-5-7-9/h3-8H,2H2,1H3. The fraction of sp³-hybridized carbons (Fsp3) is 0.182. The van der Waals surface area contributed by atoms with Gasteiger partial charge in [0.2, 0.25) is 6.41 Å². The predicted molar refractivity (Wildman–Crippen MR) is 55.7 cm³/mol. The van der Waals surface area contributed by atoms with Crippen LogP contribution in [-0.4, -0.2) is 29.9 Å². The molecule has 0 spiro atoms. The van der Waals surface area contributed by atoms with Crippen LogP contribution in [0.1, 0.15) is 17.3 Å². The van der Waals surface area contributed by atoms with Crippen molar-refractivity contribution in [1.82, 2.24) is 4.90 Å². The van der Waals surface area contributed by atoms with E-state index in [4.69, 9.17) is 0 Å². The molecule has 1 aromatic rings. The van der Waals surface area contributed by atoms with E-state index in [1.807, 2.05) is 0 Å². The van der Waals surface area contributed by atoms with Crippen LogP contribution in [0.3, 0.4) is 0 Å². The Morgan fingerprint density at radius 2 is 1.94 bits per heavy atom. The molecule has 16 heavy (non-hydrogen) atoms. The fourth-order valence-electron chi connectivity index (χ4n) is 1.09. The van der Waals surface area contributed by atoms with Crippen LogP contribution in [0.25, 0.3) is 0 Å². The Bertz CT molecular complexity index is 388. The van der Waals surface area contributed by atoms with Crippen LogP contribution in [0.2, 0.25) is 0 Å². The van der Waals surface area contributed by atoms with E-state index in [1.165, 1.54) is 12.1 Å². The molecular formula is C11H11NO4.